The van der Waals surface area contributed by atoms with Crippen LogP contribution in [0, 0.1) is 6.92 Å². The maximum atomic E-state index is 10.9. The second kappa shape index (κ2) is 4.74. The smallest absolute Gasteiger partial charge is 0.212 e. The molecule has 1 aromatic heterocycles. The highest BCUT2D eigenvalue weighted by Gasteiger charge is 2.10. The van der Waals surface area contributed by atoms with Gasteiger partial charge in [-0.1, -0.05) is 12.1 Å². The molecule has 0 N–H and O–H groups in total. The van der Waals surface area contributed by atoms with Crippen molar-refractivity contribution in [1.29, 1.82) is 0 Å². The highest BCUT2D eigenvalue weighted by atomic mass is 79.9. The number of benzene rings is 1. The minimum absolute atomic E-state index is 0.0460. The number of carbonyl (C=O) groups is 1. The molecule has 0 aliphatic heterocycles. The zero-order valence-corrected chi connectivity index (χ0v) is 10.7. The third kappa shape index (κ3) is 2.30. The zero-order valence-electron chi connectivity index (χ0n) is 9.11. The number of pyridine rings is 1. The van der Waals surface area contributed by atoms with E-state index >= 15 is 0 Å². The van der Waals surface area contributed by atoms with Crippen molar-refractivity contribution in [2.45, 2.75) is 19.9 Å². The number of para-hydroxylation sites is 1. The van der Waals surface area contributed by atoms with Gasteiger partial charge in [-0.15, -0.1) is 0 Å². The summed E-state index contributed by atoms with van der Waals surface area (Å²) in [5.41, 5.74) is 2.44. The molecule has 0 saturated carbocycles. The fraction of sp³-hybridized carbons (Fsp3) is 0.231. The summed E-state index contributed by atoms with van der Waals surface area (Å²) < 4.78 is 2.16. The normalized spacial score (nSPS) is 10.6. The fourth-order valence-corrected chi connectivity index (χ4v) is 2.01. The number of hydrogen-bond acceptors (Lipinski definition) is 1. The molecule has 0 atom stereocenters. The van der Waals surface area contributed by atoms with E-state index in [2.05, 4.69) is 45.6 Å². The van der Waals surface area contributed by atoms with Crippen LogP contribution in [0.2, 0.25) is 0 Å². The van der Waals surface area contributed by atoms with Crippen LogP contribution in [0.25, 0.3) is 10.9 Å². The van der Waals surface area contributed by atoms with Gasteiger partial charge < -0.3 is 0 Å². The van der Waals surface area contributed by atoms with Gasteiger partial charge in [-0.3, -0.25) is 4.79 Å². The number of hydrogen-bond donors (Lipinski definition) is 0. The Morgan fingerprint density at radius 3 is 2.81 bits per heavy atom. The maximum Gasteiger partial charge on any atom is 0.212 e. The van der Waals surface area contributed by atoms with Crippen molar-refractivity contribution in [3.63, 3.8) is 0 Å². The van der Waals surface area contributed by atoms with E-state index in [1.807, 2.05) is 18.3 Å². The largest absolute Gasteiger partial charge is 0.286 e. The number of aryl methyl sites for hydroxylation is 2. The number of halogens is 1. The first-order chi connectivity index (χ1) is 7.68. The van der Waals surface area contributed by atoms with Gasteiger partial charge in [-0.25, -0.2) is 0 Å². The molecule has 3 heteroatoms. The first-order valence-electron chi connectivity index (χ1n) is 5.24. The van der Waals surface area contributed by atoms with E-state index in [0.29, 0.717) is 13.0 Å². The highest BCUT2D eigenvalue weighted by molar-refractivity contribution is 9.18. The molecule has 0 amide bonds. The average molecular weight is 279 g/mol. The highest BCUT2D eigenvalue weighted by Crippen LogP contribution is 2.13. The van der Waals surface area contributed by atoms with Crippen molar-refractivity contribution < 1.29 is 9.36 Å². The number of carbonyl (C=O) groups excluding carboxylic acids is 1. The van der Waals surface area contributed by atoms with Crippen molar-refractivity contribution >= 4 is 31.5 Å². The van der Waals surface area contributed by atoms with Crippen LogP contribution in [0.3, 0.4) is 0 Å². The van der Waals surface area contributed by atoms with Crippen LogP contribution >= 0.6 is 15.9 Å². The van der Waals surface area contributed by atoms with Crippen LogP contribution in [-0.2, 0) is 11.3 Å². The van der Waals surface area contributed by atoms with Gasteiger partial charge in [0.05, 0.1) is 6.42 Å². The Morgan fingerprint density at radius 1 is 1.31 bits per heavy atom. The van der Waals surface area contributed by atoms with E-state index in [-0.39, 0.29) is 4.69 Å². The van der Waals surface area contributed by atoms with E-state index in [4.69, 9.17) is 0 Å². The summed E-state index contributed by atoms with van der Waals surface area (Å²) in [5, 5.41) is 1.24. The van der Waals surface area contributed by atoms with Crippen LogP contribution in [0.1, 0.15) is 12.0 Å². The Bertz CT molecular complexity index is 536. The second-order valence-electron chi connectivity index (χ2n) is 3.81. The quantitative estimate of drug-likeness (QED) is 0.625. The lowest BCUT2D eigenvalue weighted by atomic mass is 10.1. The van der Waals surface area contributed by atoms with Gasteiger partial charge in [0.15, 0.2) is 12.7 Å². The van der Waals surface area contributed by atoms with Gasteiger partial charge in [-0.2, -0.15) is 4.57 Å². The van der Waals surface area contributed by atoms with E-state index in [1.165, 1.54) is 16.5 Å². The molecule has 2 aromatic rings. The lowest BCUT2D eigenvalue weighted by Crippen LogP contribution is -2.34. The van der Waals surface area contributed by atoms with Gasteiger partial charge in [-0.05, 0) is 34.5 Å². The molecule has 16 heavy (non-hydrogen) atoms. The molecule has 2 rings (SSSR count). The Hall–Kier alpha value is -1.22. The third-order valence-electron chi connectivity index (χ3n) is 2.69. The van der Waals surface area contributed by atoms with Gasteiger partial charge in [0.1, 0.15) is 0 Å². The Balaban J connectivity index is 2.46. The SMILES string of the molecule is Cc1cc[n+](CCC(=O)Br)c2ccccc12. The van der Waals surface area contributed by atoms with Crippen LogP contribution in [0.5, 0.6) is 0 Å². The van der Waals surface area contributed by atoms with Crippen molar-refractivity contribution in [3.8, 4) is 0 Å². The van der Waals surface area contributed by atoms with Crippen molar-refractivity contribution in [2.75, 3.05) is 0 Å². The molecule has 0 radical (unpaired) electrons. The summed E-state index contributed by atoms with van der Waals surface area (Å²) in [4.78, 5) is 10.9. The summed E-state index contributed by atoms with van der Waals surface area (Å²) >= 11 is 2.96. The lowest BCUT2D eigenvalue weighted by molar-refractivity contribution is -0.670. The molecule has 0 aliphatic carbocycles. The molecule has 0 saturated heterocycles. The molecule has 0 aliphatic rings. The molecular formula is C13H13BrNO+. The molecule has 1 aromatic carbocycles. The molecular weight excluding hydrogens is 266 g/mol. The monoisotopic (exact) mass is 278 g/mol. The summed E-state index contributed by atoms with van der Waals surface area (Å²) in [6.45, 7) is 2.81. The minimum Gasteiger partial charge on any atom is -0.286 e. The minimum atomic E-state index is 0.0460. The topological polar surface area (TPSA) is 20.9 Å². The lowest BCUT2D eigenvalue weighted by Gasteiger charge is -2.02. The number of rotatable bonds is 3. The molecule has 1 heterocycles. The van der Waals surface area contributed by atoms with Crippen LogP contribution < -0.4 is 4.57 Å². The van der Waals surface area contributed by atoms with Crippen LogP contribution in [-0.4, -0.2) is 4.69 Å². The fourth-order valence-electron chi connectivity index (χ4n) is 1.83. The first-order valence-corrected chi connectivity index (χ1v) is 6.04. The molecule has 2 nitrogen and oxygen atoms in total. The van der Waals surface area contributed by atoms with E-state index < -0.39 is 0 Å². The molecule has 0 fully saturated rings. The Kier molecular flexibility index (Phi) is 3.34. The van der Waals surface area contributed by atoms with E-state index in [0.717, 1.165) is 0 Å². The van der Waals surface area contributed by atoms with Crippen LogP contribution in [0.15, 0.2) is 36.5 Å². The number of fused-ring (bicyclic) bond motifs is 1. The molecule has 0 spiro atoms. The first kappa shape index (κ1) is 11.3. The van der Waals surface area contributed by atoms with Crippen molar-refractivity contribution in [3.05, 3.63) is 42.1 Å². The standard InChI is InChI=1S/C13H13BrNO/c1-10-6-8-15(9-7-13(14)16)12-5-3-2-4-11(10)12/h2-6,8H,7,9H2,1H3/q+1. The number of aromatic nitrogens is 1. The maximum absolute atomic E-state index is 10.9. The Labute approximate surface area is 103 Å². The second-order valence-corrected chi connectivity index (χ2v) is 4.70. The molecule has 82 valence electrons. The summed E-state index contributed by atoms with van der Waals surface area (Å²) in [6.07, 6.45) is 2.55. The van der Waals surface area contributed by atoms with Crippen molar-refractivity contribution in [2.24, 2.45) is 0 Å². The predicted molar refractivity (Wildman–Crippen MR) is 67.4 cm³/mol. The van der Waals surface area contributed by atoms with Gasteiger partial charge >= 0.3 is 0 Å². The predicted octanol–water partition coefficient (Wildman–Crippen LogP) is 2.75. The van der Waals surface area contributed by atoms with Gasteiger partial charge in [0.2, 0.25) is 10.2 Å². The van der Waals surface area contributed by atoms with Gasteiger partial charge in [0.25, 0.3) is 0 Å². The zero-order chi connectivity index (χ0) is 11.5. The van der Waals surface area contributed by atoms with E-state index in [9.17, 15) is 4.79 Å². The third-order valence-corrected chi connectivity index (χ3v) is 3.09. The molecule has 0 bridgehead atoms. The van der Waals surface area contributed by atoms with E-state index in [1.54, 1.807) is 0 Å². The van der Waals surface area contributed by atoms with Crippen LogP contribution in [0.4, 0.5) is 0 Å². The van der Waals surface area contributed by atoms with Crippen molar-refractivity contribution in [1.82, 2.24) is 0 Å². The summed E-state index contributed by atoms with van der Waals surface area (Å²) in [6, 6.07) is 10.3. The Morgan fingerprint density at radius 2 is 2.06 bits per heavy atom. The average Bonchev–Trinajstić information content (AvgIpc) is 2.28. The van der Waals surface area contributed by atoms with Gasteiger partial charge in [0, 0.05) is 17.5 Å². The number of nitrogens with zero attached hydrogens (tertiary/aromatic N) is 1. The summed E-state index contributed by atoms with van der Waals surface area (Å²) in [7, 11) is 0. The molecule has 0 unspecified atom stereocenters. The summed E-state index contributed by atoms with van der Waals surface area (Å²) in [5.74, 6) is 0.